The van der Waals surface area contributed by atoms with Crippen LogP contribution >= 0.6 is 11.3 Å². The number of hydrogen-bond acceptors (Lipinski definition) is 6. The van der Waals surface area contributed by atoms with Gasteiger partial charge in [0.2, 0.25) is 0 Å². The summed E-state index contributed by atoms with van der Waals surface area (Å²) in [6, 6.07) is 12.2. The summed E-state index contributed by atoms with van der Waals surface area (Å²) in [5.74, 6) is 1.59. The van der Waals surface area contributed by atoms with E-state index >= 15 is 0 Å². The van der Waals surface area contributed by atoms with E-state index in [2.05, 4.69) is 26.9 Å². The maximum absolute atomic E-state index is 12.7. The molecule has 164 valence electrons. The monoisotopic (exact) mass is 438 g/mol. The first-order chi connectivity index (χ1) is 15.2. The number of aromatic nitrogens is 2. The molecular weight excluding hydrogens is 408 g/mol. The number of thiophene rings is 1. The third-order valence-electron chi connectivity index (χ3n) is 6.55. The number of benzene rings is 1. The van der Waals surface area contributed by atoms with Crippen molar-refractivity contribution in [1.82, 2.24) is 19.8 Å². The molecule has 5 rings (SSSR count). The van der Waals surface area contributed by atoms with Gasteiger partial charge in [-0.15, -0.1) is 11.3 Å². The molecule has 0 atom stereocenters. The third-order valence-corrected chi connectivity index (χ3v) is 7.63. The van der Waals surface area contributed by atoms with E-state index in [0.717, 1.165) is 73.0 Å². The number of hydrogen-bond donors (Lipinski definition) is 1. The topological polar surface area (TPSA) is 61.5 Å². The number of H-pyrrole nitrogens is 1. The van der Waals surface area contributed by atoms with E-state index < -0.39 is 0 Å². The zero-order valence-corrected chi connectivity index (χ0v) is 18.7. The zero-order chi connectivity index (χ0) is 21.0. The predicted octanol–water partition coefficient (Wildman–Crippen LogP) is 3.59. The molecule has 2 saturated heterocycles. The van der Waals surface area contributed by atoms with Crippen LogP contribution in [0.25, 0.3) is 20.7 Å². The van der Waals surface area contributed by atoms with Crippen LogP contribution in [0.2, 0.25) is 0 Å². The van der Waals surface area contributed by atoms with Crippen molar-refractivity contribution in [2.75, 3.05) is 45.9 Å². The molecule has 0 unspecified atom stereocenters. The largest absolute Gasteiger partial charge is 0.379 e. The zero-order valence-electron chi connectivity index (χ0n) is 17.9. The minimum Gasteiger partial charge on any atom is -0.379 e. The molecule has 7 heteroatoms. The summed E-state index contributed by atoms with van der Waals surface area (Å²) in [6.45, 7) is 7.99. The molecule has 0 amide bonds. The van der Waals surface area contributed by atoms with E-state index in [1.807, 2.05) is 24.3 Å². The van der Waals surface area contributed by atoms with Gasteiger partial charge in [0, 0.05) is 18.0 Å². The number of ether oxygens (including phenoxy) is 1. The first kappa shape index (κ1) is 20.8. The second-order valence-electron chi connectivity index (χ2n) is 8.67. The highest BCUT2D eigenvalue weighted by Crippen LogP contribution is 2.31. The molecule has 0 saturated carbocycles. The fourth-order valence-corrected chi connectivity index (χ4v) is 5.69. The Bertz CT molecular complexity index is 1050. The van der Waals surface area contributed by atoms with Crippen LogP contribution in [0.5, 0.6) is 0 Å². The van der Waals surface area contributed by atoms with Crippen molar-refractivity contribution in [3.63, 3.8) is 0 Å². The highest BCUT2D eigenvalue weighted by molar-refractivity contribution is 7.21. The summed E-state index contributed by atoms with van der Waals surface area (Å²) in [6.07, 6.45) is 3.74. The summed E-state index contributed by atoms with van der Waals surface area (Å²) in [7, 11) is 0. The number of fused-ring (bicyclic) bond motifs is 1. The van der Waals surface area contributed by atoms with Crippen molar-refractivity contribution < 1.29 is 4.74 Å². The molecule has 1 aromatic carbocycles. The third kappa shape index (κ3) is 5.06. The summed E-state index contributed by atoms with van der Waals surface area (Å²) >= 11 is 1.60. The number of rotatable bonds is 6. The van der Waals surface area contributed by atoms with Crippen LogP contribution in [-0.2, 0) is 11.3 Å². The van der Waals surface area contributed by atoms with Crippen molar-refractivity contribution in [2.45, 2.75) is 25.8 Å². The Labute approximate surface area is 186 Å². The van der Waals surface area contributed by atoms with Crippen molar-refractivity contribution in [2.24, 2.45) is 5.92 Å². The summed E-state index contributed by atoms with van der Waals surface area (Å²) < 4.78 is 5.44. The molecule has 2 aromatic heterocycles. The molecule has 0 aliphatic carbocycles. The lowest BCUT2D eigenvalue weighted by molar-refractivity contribution is 0.0334. The number of piperidine rings is 1. The first-order valence-electron chi connectivity index (χ1n) is 11.4. The number of likely N-dealkylation sites (tertiary alicyclic amines) is 1. The van der Waals surface area contributed by atoms with Crippen molar-refractivity contribution in [1.29, 1.82) is 0 Å². The standard InChI is InChI=1S/C24H30N4O2S/c29-23-20-16-21(19-4-2-1-3-5-19)31-24(20)26-22(25-23)17-28-10-7-18(8-11-28)6-9-27-12-14-30-15-13-27/h1-5,16,18H,6-15,17H2,(H,25,26,29). The maximum atomic E-state index is 12.7. The highest BCUT2D eigenvalue weighted by Gasteiger charge is 2.21. The number of morpholine rings is 1. The van der Waals surface area contributed by atoms with Crippen LogP contribution in [-0.4, -0.2) is 65.7 Å². The molecule has 6 nitrogen and oxygen atoms in total. The molecule has 2 fully saturated rings. The van der Waals surface area contributed by atoms with Crippen LogP contribution in [0.4, 0.5) is 0 Å². The van der Waals surface area contributed by atoms with E-state index in [4.69, 9.17) is 9.72 Å². The average Bonchev–Trinajstić information content (AvgIpc) is 3.25. The highest BCUT2D eigenvalue weighted by atomic mass is 32.1. The molecule has 0 bridgehead atoms. The summed E-state index contributed by atoms with van der Waals surface area (Å²) in [5.41, 5.74) is 1.10. The quantitative estimate of drug-likeness (QED) is 0.637. The van der Waals surface area contributed by atoms with Gasteiger partial charge in [0.1, 0.15) is 10.7 Å². The van der Waals surface area contributed by atoms with Crippen LogP contribution in [0.3, 0.4) is 0 Å². The van der Waals surface area contributed by atoms with Crippen LogP contribution in [0.1, 0.15) is 25.1 Å². The fraction of sp³-hybridized carbons (Fsp3) is 0.500. The minimum absolute atomic E-state index is 0.0289. The predicted molar refractivity (Wildman–Crippen MR) is 126 cm³/mol. The Hall–Kier alpha value is -2.06. The van der Waals surface area contributed by atoms with Gasteiger partial charge in [0.05, 0.1) is 25.1 Å². The van der Waals surface area contributed by atoms with E-state index in [-0.39, 0.29) is 5.56 Å². The molecular formula is C24H30N4O2S. The van der Waals surface area contributed by atoms with Crippen molar-refractivity contribution >= 4 is 21.6 Å². The normalized spacial score (nSPS) is 19.2. The van der Waals surface area contributed by atoms with Gasteiger partial charge in [-0.3, -0.25) is 14.6 Å². The maximum Gasteiger partial charge on any atom is 0.259 e. The number of aromatic amines is 1. The molecule has 2 aliphatic rings. The number of nitrogens with one attached hydrogen (secondary N) is 1. The van der Waals surface area contributed by atoms with Gasteiger partial charge >= 0.3 is 0 Å². The molecule has 1 N–H and O–H groups in total. The van der Waals surface area contributed by atoms with E-state index in [1.165, 1.54) is 25.8 Å². The Balaban J connectivity index is 1.18. The summed E-state index contributed by atoms with van der Waals surface area (Å²) in [5, 5.41) is 0.689. The van der Waals surface area contributed by atoms with Gasteiger partial charge in [0.25, 0.3) is 5.56 Å². The van der Waals surface area contributed by atoms with Gasteiger partial charge in [-0.25, -0.2) is 4.98 Å². The first-order valence-corrected chi connectivity index (χ1v) is 12.2. The SMILES string of the molecule is O=c1[nH]c(CN2CCC(CCN3CCOCC3)CC2)nc2sc(-c3ccccc3)cc12. The molecule has 2 aliphatic heterocycles. The second kappa shape index (κ2) is 9.61. The van der Waals surface area contributed by atoms with Crippen molar-refractivity contribution in [3.05, 3.63) is 52.6 Å². The van der Waals surface area contributed by atoms with E-state index in [0.29, 0.717) is 5.39 Å². The second-order valence-corrected chi connectivity index (χ2v) is 9.70. The number of nitrogens with zero attached hydrogens (tertiary/aromatic N) is 3. The van der Waals surface area contributed by atoms with Crippen molar-refractivity contribution in [3.8, 4) is 10.4 Å². The Kier molecular flexibility index (Phi) is 6.45. The minimum atomic E-state index is -0.0289. The van der Waals surface area contributed by atoms with Crippen LogP contribution < -0.4 is 5.56 Å². The molecule has 31 heavy (non-hydrogen) atoms. The van der Waals surface area contributed by atoms with Gasteiger partial charge in [-0.05, 0) is 56.4 Å². The molecule has 3 aromatic rings. The summed E-state index contributed by atoms with van der Waals surface area (Å²) in [4.78, 5) is 27.4. The lowest BCUT2D eigenvalue weighted by Crippen LogP contribution is -2.39. The van der Waals surface area contributed by atoms with Gasteiger partial charge in [0.15, 0.2) is 0 Å². The average molecular weight is 439 g/mol. The Morgan fingerprint density at radius 2 is 1.84 bits per heavy atom. The van der Waals surface area contributed by atoms with E-state index in [9.17, 15) is 4.79 Å². The van der Waals surface area contributed by atoms with Gasteiger partial charge in [-0.1, -0.05) is 30.3 Å². The van der Waals surface area contributed by atoms with Crippen LogP contribution in [0, 0.1) is 5.92 Å². The lowest BCUT2D eigenvalue weighted by Gasteiger charge is -2.33. The molecule has 4 heterocycles. The van der Waals surface area contributed by atoms with Gasteiger partial charge < -0.3 is 9.72 Å². The van der Waals surface area contributed by atoms with Crippen LogP contribution in [0.15, 0.2) is 41.2 Å². The molecule has 0 spiro atoms. The lowest BCUT2D eigenvalue weighted by atomic mass is 9.93. The smallest absolute Gasteiger partial charge is 0.259 e. The van der Waals surface area contributed by atoms with E-state index in [1.54, 1.807) is 11.3 Å². The Morgan fingerprint density at radius 3 is 2.61 bits per heavy atom. The fourth-order valence-electron chi connectivity index (χ4n) is 4.63. The molecule has 0 radical (unpaired) electrons. The Morgan fingerprint density at radius 1 is 1.06 bits per heavy atom. The van der Waals surface area contributed by atoms with Gasteiger partial charge in [-0.2, -0.15) is 0 Å².